The lowest BCUT2D eigenvalue weighted by atomic mass is 9.85. The van der Waals surface area contributed by atoms with E-state index in [0.717, 1.165) is 45.3 Å². The van der Waals surface area contributed by atoms with E-state index in [4.69, 9.17) is 11.5 Å². The molecule has 0 bridgehead atoms. The van der Waals surface area contributed by atoms with Crippen LogP contribution in [0.1, 0.15) is 39.0 Å². The number of nitrogens with zero attached hydrogens (tertiary/aromatic N) is 2. The van der Waals surface area contributed by atoms with Crippen LogP contribution in [0, 0.1) is 5.92 Å². The summed E-state index contributed by atoms with van der Waals surface area (Å²) < 4.78 is 0. The van der Waals surface area contributed by atoms with Gasteiger partial charge < -0.3 is 16.4 Å². The molecule has 1 amide bonds. The van der Waals surface area contributed by atoms with Crippen LogP contribution in [0.25, 0.3) is 0 Å². The third kappa shape index (κ3) is 3.32. The number of carbonyl (C=O) groups excluding carboxylic acids is 1. The van der Waals surface area contributed by atoms with Gasteiger partial charge in [0.25, 0.3) is 0 Å². The fraction of sp³-hybridized carbons (Fsp3) is 0.933. The van der Waals surface area contributed by atoms with E-state index in [1.54, 1.807) is 0 Å². The SMILES string of the molecule is CC1CN(C)CCCN1CCC1CCCC1(N)C(N)=O. The molecule has 2 rings (SSSR count). The highest BCUT2D eigenvalue weighted by Gasteiger charge is 2.44. The van der Waals surface area contributed by atoms with Crippen molar-refractivity contribution in [2.24, 2.45) is 17.4 Å². The Morgan fingerprint density at radius 2 is 2.10 bits per heavy atom. The number of carbonyl (C=O) groups is 1. The molecule has 20 heavy (non-hydrogen) atoms. The summed E-state index contributed by atoms with van der Waals surface area (Å²) in [4.78, 5) is 16.6. The molecule has 0 spiro atoms. The highest BCUT2D eigenvalue weighted by Crippen LogP contribution is 2.36. The second-order valence-corrected chi connectivity index (χ2v) is 6.78. The third-order valence-electron chi connectivity index (χ3n) is 5.28. The summed E-state index contributed by atoms with van der Waals surface area (Å²) in [5.41, 5.74) is 11.0. The maximum Gasteiger partial charge on any atom is 0.237 e. The molecule has 116 valence electrons. The average Bonchev–Trinajstić information content (AvgIpc) is 2.68. The van der Waals surface area contributed by atoms with Gasteiger partial charge in [0.15, 0.2) is 0 Å². The van der Waals surface area contributed by atoms with Crippen LogP contribution < -0.4 is 11.5 Å². The van der Waals surface area contributed by atoms with Crippen LogP contribution in [0.2, 0.25) is 0 Å². The largest absolute Gasteiger partial charge is 0.368 e. The van der Waals surface area contributed by atoms with Crippen molar-refractivity contribution in [3.05, 3.63) is 0 Å². The normalized spacial score (nSPS) is 37.0. The molecule has 5 heteroatoms. The van der Waals surface area contributed by atoms with E-state index in [-0.39, 0.29) is 11.8 Å². The molecule has 0 aromatic heterocycles. The first-order chi connectivity index (χ1) is 9.43. The Kier molecular flexibility index (Phi) is 5.04. The molecule has 5 nitrogen and oxygen atoms in total. The number of amides is 1. The first-order valence-corrected chi connectivity index (χ1v) is 7.95. The predicted octanol–water partition coefficient (Wildman–Crippen LogP) is 0.385. The zero-order valence-electron chi connectivity index (χ0n) is 13.0. The maximum absolute atomic E-state index is 11.6. The van der Waals surface area contributed by atoms with E-state index in [1.165, 1.54) is 13.0 Å². The molecule has 4 N–H and O–H groups in total. The minimum atomic E-state index is -0.758. The van der Waals surface area contributed by atoms with Crippen molar-refractivity contribution in [2.75, 3.05) is 33.2 Å². The number of likely N-dealkylation sites (N-methyl/N-ethyl adjacent to an activating group) is 1. The molecule has 3 unspecified atom stereocenters. The molecule has 3 atom stereocenters. The van der Waals surface area contributed by atoms with Crippen LogP contribution in [0.15, 0.2) is 0 Å². The molecule has 1 heterocycles. The molecule has 0 aromatic carbocycles. The van der Waals surface area contributed by atoms with Gasteiger partial charge in [-0.05, 0) is 65.2 Å². The number of rotatable bonds is 4. The smallest absolute Gasteiger partial charge is 0.237 e. The minimum absolute atomic E-state index is 0.258. The summed E-state index contributed by atoms with van der Waals surface area (Å²) in [5, 5.41) is 0. The van der Waals surface area contributed by atoms with Gasteiger partial charge in [-0.25, -0.2) is 0 Å². The first-order valence-electron chi connectivity index (χ1n) is 7.95. The van der Waals surface area contributed by atoms with Crippen LogP contribution in [-0.4, -0.2) is 60.5 Å². The van der Waals surface area contributed by atoms with E-state index < -0.39 is 5.54 Å². The number of nitrogens with two attached hydrogens (primary N) is 2. The Morgan fingerprint density at radius 1 is 1.35 bits per heavy atom. The van der Waals surface area contributed by atoms with Gasteiger partial charge in [0.05, 0.1) is 5.54 Å². The fourth-order valence-corrected chi connectivity index (χ4v) is 3.90. The van der Waals surface area contributed by atoms with Gasteiger partial charge in [0.1, 0.15) is 0 Å². The second-order valence-electron chi connectivity index (χ2n) is 6.78. The zero-order chi connectivity index (χ0) is 14.8. The lowest BCUT2D eigenvalue weighted by Gasteiger charge is -2.32. The first kappa shape index (κ1) is 15.7. The van der Waals surface area contributed by atoms with Crippen molar-refractivity contribution in [1.29, 1.82) is 0 Å². The molecule has 2 fully saturated rings. The van der Waals surface area contributed by atoms with Crippen LogP contribution >= 0.6 is 0 Å². The molecule has 1 saturated heterocycles. The Labute approximate surface area is 122 Å². The van der Waals surface area contributed by atoms with Crippen molar-refractivity contribution in [2.45, 2.75) is 50.6 Å². The van der Waals surface area contributed by atoms with Crippen molar-refractivity contribution in [3.63, 3.8) is 0 Å². The highest BCUT2D eigenvalue weighted by atomic mass is 16.1. The van der Waals surface area contributed by atoms with E-state index >= 15 is 0 Å². The molecular formula is C15H30N4O. The van der Waals surface area contributed by atoms with Crippen LogP contribution in [0.5, 0.6) is 0 Å². The Morgan fingerprint density at radius 3 is 2.80 bits per heavy atom. The molecule has 2 aliphatic rings. The van der Waals surface area contributed by atoms with Crippen LogP contribution in [0.3, 0.4) is 0 Å². The minimum Gasteiger partial charge on any atom is -0.368 e. The maximum atomic E-state index is 11.6. The molecule has 1 aliphatic heterocycles. The van der Waals surface area contributed by atoms with E-state index in [1.807, 2.05) is 0 Å². The monoisotopic (exact) mass is 282 g/mol. The van der Waals surface area contributed by atoms with Gasteiger partial charge in [-0.15, -0.1) is 0 Å². The Balaban J connectivity index is 1.89. The van der Waals surface area contributed by atoms with E-state index in [0.29, 0.717) is 6.04 Å². The Bertz CT molecular complexity index is 349. The van der Waals surface area contributed by atoms with Crippen molar-refractivity contribution in [3.8, 4) is 0 Å². The van der Waals surface area contributed by atoms with Gasteiger partial charge in [-0.1, -0.05) is 6.42 Å². The Hall–Kier alpha value is -0.650. The predicted molar refractivity (Wildman–Crippen MR) is 81.2 cm³/mol. The number of hydrogen-bond donors (Lipinski definition) is 2. The van der Waals surface area contributed by atoms with Gasteiger partial charge in [-0.3, -0.25) is 9.69 Å². The summed E-state index contributed by atoms with van der Waals surface area (Å²) >= 11 is 0. The van der Waals surface area contributed by atoms with E-state index in [2.05, 4.69) is 23.8 Å². The lowest BCUT2D eigenvalue weighted by Crippen LogP contribution is -2.55. The molecule has 1 aliphatic carbocycles. The quantitative estimate of drug-likeness (QED) is 0.782. The molecule has 1 saturated carbocycles. The average molecular weight is 282 g/mol. The summed E-state index contributed by atoms with van der Waals surface area (Å²) in [6.07, 6.45) is 5.04. The summed E-state index contributed by atoms with van der Waals surface area (Å²) in [6.45, 7) is 6.76. The summed E-state index contributed by atoms with van der Waals surface area (Å²) in [7, 11) is 2.19. The van der Waals surface area contributed by atoms with Crippen LogP contribution in [0.4, 0.5) is 0 Å². The lowest BCUT2D eigenvalue weighted by molar-refractivity contribution is -0.124. The summed E-state index contributed by atoms with van der Waals surface area (Å²) in [6, 6.07) is 0.574. The number of hydrogen-bond acceptors (Lipinski definition) is 4. The molecular weight excluding hydrogens is 252 g/mol. The van der Waals surface area contributed by atoms with Crippen molar-refractivity contribution in [1.82, 2.24) is 9.80 Å². The van der Waals surface area contributed by atoms with Crippen molar-refractivity contribution >= 4 is 5.91 Å². The van der Waals surface area contributed by atoms with Crippen LogP contribution in [-0.2, 0) is 4.79 Å². The van der Waals surface area contributed by atoms with Gasteiger partial charge >= 0.3 is 0 Å². The van der Waals surface area contributed by atoms with Gasteiger partial charge in [-0.2, -0.15) is 0 Å². The highest BCUT2D eigenvalue weighted by molar-refractivity contribution is 5.85. The van der Waals surface area contributed by atoms with Gasteiger partial charge in [0.2, 0.25) is 5.91 Å². The zero-order valence-corrected chi connectivity index (χ0v) is 13.0. The van der Waals surface area contributed by atoms with E-state index in [9.17, 15) is 4.79 Å². The fourth-order valence-electron chi connectivity index (χ4n) is 3.90. The molecule has 0 radical (unpaired) electrons. The summed E-state index contributed by atoms with van der Waals surface area (Å²) in [5.74, 6) is -0.0585. The third-order valence-corrected chi connectivity index (χ3v) is 5.28. The van der Waals surface area contributed by atoms with Gasteiger partial charge in [0, 0.05) is 12.6 Å². The molecule has 0 aromatic rings. The second kappa shape index (κ2) is 6.41. The number of primary amides is 1. The topological polar surface area (TPSA) is 75.6 Å². The van der Waals surface area contributed by atoms with Crippen molar-refractivity contribution < 1.29 is 4.79 Å². The standard InChI is InChI=1S/C15H30N4O/c1-12-11-18(2)8-4-9-19(12)10-6-13-5-3-7-15(13,17)14(16)20/h12-13H,3-11,17H2,1-2H3,(H2,16,20).